The molecule has 4 nitrogen and oxygen atoms in total. The summed E-state index contributed by atoms with van der Waals surface area (Å²) in [6, 6.07) is 7.44. The van der Waals surface area contributed by atoms with Crippen molar-refractivity contribution in [2.45, 2.75) is 39.0 Å². The second-order valence-corrected chi connectivity index (χ2v) is 5.94. The zero-order valence-electron chi connectivity index (χ0n) is 12.8. The van der Waals surface area contributed by atoms with E-state index in [2.05, 4.69) is 5.32 Å². The molecule has 0 aromatic heterocycles. The third-order valence-electron chi connectivity index (χ3n) is 4.12. The van der Waals surface area contributed by atoms with Gasteiger partial charge in [0.05, 0.1) is 0 Å². The predicted molar refractivity (Wildman–Crippen MR) is 85.4 cm³/mol. The summed E-state index contributed by atoms with van der Waals surface area (Å²) in [6.45, 7) is 3.02. The Morgan fingerprint density at radius 1 is 1.33 bits per heavy atom. The molecule has 0 radical (unpaired) electrons. The minimum Gasteiger partial charge on any atom is -0.492 e. The highest BCUT2D eigenvalue weighted by Gasteiger charge is 2.21. The Labute approximate surface area is 127 Å². The topological polar surface area (TPSA) is 64.3 Å². The quantitative estimate of drug-likeness (QED) is 0.810. The maximum absolute atomic E-state index is 12.2. The number of benzene rings is 1. The number of rotatable bonds is 7. The molecule has 21 heavy (non-hydrogen) atoms. The summed E-state index contributed by atoms with van der Waals surface area (Å²) in [4.78, 5) is 12.2. The summed E-state index contributed by atoms with van der Waals surface area (Å²) in [6.07, 6.45) is 6.21. The maximum atomic E-state index is 12.2. The zero-order chi connectivity index (χ0) is 15.1. The van der Waals surface area contributed by atoms with Gasteiger partial charge in [-0.2, -0.15) is 0 Å². The molecule has 1 aliphatic rings. The van der Waals surface area contributed by atoms with E-state index in [-0.39, 0.29) is 11.8 Å². The summed E-state index contributed by atoms with van der Waals surface area (Å²) in [5.41, 5.74) is 6.21. The molecule has 1 amide bonds. The van der Waals surface area contributed by atoms with Gasteiger partial charge in [0.1, 0.15) is 12.4 Å². The molecule has 1 atom stereocenters. The van der Waals surface area contributed by atoms with Crippen LogP contribution in [0.3, 0.4) is 0 Å². The number of nitrogens with one attached hydrogen (secondary N) is 1. The van der Waals surface area contributed by atoms with Crippen LogP contribution in [-0.2, 0) is 4.79 Å². The summed E-state index contributed by atoms with van der Waals surface area (Å²) < 4.78 is 5.41. The zero-order valence-corrected chi connectivity index (χ0v) is 12.8. The van der Waals surface area contributed by atoms with E-state index in [9.17, 15) is 4.79 Å². The van der Waals surface area contributed by atoms with Crippen molar-refractivity contribution < 1.29 is 9.53 Å². The van der Waals surface area contributed by atoms with Gasteiger partial charge in [0.15, 0.2) is 0 Å². The molecule has 2 rings (SSSR count). The normalized spacial score (nSPS) is 16.7. The van der Waals surface area contributed by atoms with Crippen LogP contribution in [0.2, 0.25) is 0 Å². The number of carbonyl (C=O) groups excluding carboxylic acids is 1. The lowest BCUT2D eigenvalue weighted by Gasteiger charge is -2.16. The van der Waals surface area contributed by atoms with E-state index >= 15 is 0 Å². The Morgan fingerprint density at radius 2 is 2.00 bits per heavy atom. The Morgan fingerprint density at radius 3 is 2.62 bits per heavy atom. The molecule has 1 unspecified atom stereocenters. The fraction of sp³-hybridized carbons (Fsp3) is 0.588. The van der Waals surface area contributed by atoms with Crippen LogP contribution in [0, 0.1) is 11.8 Å². The maximum Gasteiger partial charge on any atom is 0.227 e. The Kier molecular flexibility index (Phi) is 6.05. The molecule has 0 heterocycles. The van der Waals surface area contributed by atoms with Crippen LogP contribution < -0.4 is 15.8 Å². The van der Waals surface area contributed by atoms with E-state index in [1.54, 1.807) is 0 Å². The average molecular weight is 290 g/mol. The van der Waals surface area contributed by atoms with Gasteiger partial charge in [-0.1, -0.05) is 32.6 Å². The van der Waals surface area contributed by atoms with Crippen molar-refractivity contribution in [2.24, 2.45) is 17.6 Å². The smallest absolute Gasteiger partial charge is 0.227 e. The summed E-state index contributed by atoms with van der Waals surface area (Å²) in [7, 11) is 0. The van der Waals surface area contributed by atoms with Crippen LogP contribution in [-0.4, -0.2) is 19.1 Å². The number of hydrogen-bond donors (Lipinski definition) is 2. The lowest BCUT2D eigenvalue weighted by molar-refractivity contribution is -0.119. The SMILES string of the molecule is CC(CC1CCCC1)C(=O)Nc1ccc(OCCN)cc1. The monoisotopic (exact) mass is 290 g/mol. The van der Waals surface area contributed by atoms with Crippen LogP contribution in [0.4, 0.5) is 5.69 Å². The number of carbonyl (C=O) groups is 1. The first-order valence-corrected chi connectivity index (χ1v) is 7.93. The van der Waals surface area contributed by atoms with E-state index in [0.29, 0.717) is 13.2 Å². The van der Waals surface area contributed by atoms with Gasteiger partial charge >= 0.3 is 0 Å². The molecule has 0 bridgehead atoms. The molecule has 3 N–H and O–H groups in total. The molecule has 1 aliphatic carbocycles. The van der Waals surface area contributed by atoms with Crippen LogP contribution in [0.15, 0.2) is 24.3 Å². The Bertz CT molecular complexity index is 439. The largest absolute Gasteiger partial charge is 0.492 e. The highest BCUT2D eigenvalue weighted by atomic mass is 16.5. The minimum absolute atomic E-state index is 0.0706. The first-order valence-electron chi connectivity index (χ1n) is 7.93. The molecule has 1 saturated carbocycles. The van der Waals surface area contributed by atoms with Crippen molar-refractivity contribution in [1.82, 2.24) is 0 Å². The Hall–Kier alpha value is -1.55. The highest BCUT2D eigenvalue weighted by Crippen LogP contribution is 2.30. The van der Waals surface area contributed by atoms with Crippen LogP contribution in [0.25, 0.3) is 0 Å². The van der Waals surface area contributed by atoms with Gasteiger partial charge in [0.2, 0.25) is 5.91 Å². The number of hydrogen-bond acceptors (Lipinski definition) is 3. The van der Waals surface area contributed by atoms with Gasteiger partial charge < -0.3 is 15.8 Å². The van der Waals surface area contributed by atoms with E-state index in [4.69, 9.17) is 10.5 Å². The average Bonchev–Trinajstić information content (AvgIpc) is 2.99. The van der Waals surface area contributed by atoms with Gasteiger partial charge in [-0.15, -0.1) is 0 Å². The third kappa shape index (κ3) is 5.05. The predicted octanol–water partition coefficient (Wildman–Crippen LogP) is 3.18. The number of anilines is 1. The van der Waals surface area contributed by atoms with Gasteiger partial charge in [0, 0.05) is 18.2 Å². The van der Waals surface area contributed by atoms with Gasteiger partial charge in [-0.3, -0.25) is 4.79 Å². The minimum atomic E-state index is 0.0706. The van der Waals surface area contributed by atoms with E-state index in [1.165, 1.54) is 25.7 Å². The molecule has 0 aliphatic heterocycles. The molecule has 0 saturated heterocycles. The Balaban J connectivity index is 1.80. The van der Waals surface area contributed by atoms with Crippen LogP contribution in [0.1, 0.15) is 39.0 Å². The molecule has 4 heteroatoms. The summed E-state index contributed by atoms with van der Waals surface area (Å²) >= 11 is 0. The molecule has 1 aromatic carbocycles. The molecular weight excluding hydrogens is 264 g/mol. The first-order chi connectivity index (χ1) is 10.2. The van der Waals surface area contributed by atoms with Crippen molar-refractivity contribution in [3.8, 4) is 5.75 Å². The molecule has 1 aromatic rings. The fourth-order valence-corrected chi connectivity index (χ4v) is 2.93. The molecule has 116 valence electrons. The number of ether oxygens (including phenoxy) is 1. The second kappa shape index (κ2) is 8.03. The van der Waals surface area contributed by atoms with Crippen molar-refractivity contribution >= 4 is 11.6 Å². The lowest BCUT2D eigenvalue weighted by atomic mass is 9.94. The van der Waals surface area contributed by atoms with Crippen molar-refractivity contribution in [3.63, 3.8) is 0 Å². The highest BCUT2D eigenvalue weighted by molar-refractivity contribution is 5.92. The summed E-state index contributed by atoms with van der Waals surface area (Å²) in [5, 5.41) is 2.98. The van der Waals surface area contributed by atoms with Crippen LogP contribution in [0.5, 0.6) is 5.75 Å². The second-order valence-electron chi connectivity index (χ2n) is 5.94. The molecule has 1 fully saturated rings. The van der Waals surface area contributed by atoms with Crippen LogP contribution >= 0.6 is 0 Å². The molecular formula is C17H26N2O2. The number of amides is 1. The fourth-order valence-electron chi connectivity index (χ4n) is 2.93. The van der Waals surface area contributed by atoms with Crippen molar-refractivity contribution in [1.29, 1.82) is 0 Å². The van der Waals surface area contributed by atoms with Gasteiger partial charge in [-0.25, -0.2) is 0 Å². The lowest BCUT2D eigenvalue weighted by Crippen LogP contribution is -2.22. The number of nitrogens with two attached hydrogens (primary N) is 1. The van der Waals surface area contributed by atoms with Crippen molar-refractivity contribution in [2.75, 3.05) is 18.5 Å². The van der Waals surface area contributed by atoms with Gasteiger partial charge in [-0.05, 0) is 36.6 Å². The van der Waals surface area contributed by atoms with E-state index in [0.717, 1.165) is 23.8 Å². The molecule has 0 spiro atoms. The summed E-state index contributed by atoms with van der Waals surface area (Å²) in [5.74, 6) is 1.69. The van der Waals surface area contributed by atoms with E-state index < -0.39 is 0 Å². The van der Waals surface area contributed by atoms with Gasteiger partial charge in [0.25, 0.3) is 0 Å². The standard InChI is InChI=1S/C17H26N2O2/c1-13(12-14-4-2-3-5-14)17(20)19-15-6-8-16(9-7-15)21-11-10-18/h6-9,13-14H,2-5,10-12,18H2,1H3,(H,19,20). The van der Waals surface area contributed by atoms with E-state index in [1.807, 2.05) is 31.2 Å². The first kappa shape index (κ1) is 15.8. The third-order valence-corrected chi connectivity index (χ3v) is 4.12. The van der Waals surface area contributed by atoms with Crippen molar-refractivity contribution in [3.05, 3.63) is 24.3 Å².